The predicted octanol–water partition coefficient (Wildman–Crippen LogP) is 3.90. The molecule has 0 saturated heterocycles. The van der Waals surface area contributed by atoms with Crippen molar-refractivity contribution in [3.8, 4) is 5.75 Å². The van der Waals surface area contributed by atoms with Crippen LogP contribution in [-0.2, 0) is 0 Å². The number of benzene rings is 1. The highest BCUT2D eigenvalue weighted by Gasteiger charge is 2.08. The molecule has 0 aliphatic rings. The lowest BCUT2D eigenvalue weighted by Crippen LogP contribution is -1.92. The molecule has 0 saturated carbocycles. The second kappa shape index (κ2) is 3.83. The molecule has 0 N–H and O–H groups in total. The molecule has 0 atom stereocenters. The monoisotopic (exact) mass is 224 g/mol. The van der Waals surface area contributed by atoms with Crippen LogP contribution < -0.4 is 4.74 Å². The van der Waals surface area contributed by atoms with Crippen LogP contribution in [0.1, 0.15) is 12.5 Å². The molecule has 2 rings (SSSR count). The summed E-state index contributed by atoms with van der Waals surface area (Å²) in [5.41, 5.74) is 1.24. The molecule has 0 radical (unpaired) electrons. The highest BCUT2D eigenvalue weighted by Crippen LogP contribution is 2.36. The van der Waals surface area contributed by atoms with E-state index >= 15 is 0 Å². The number of fused-ring (bicyclic) bond motifs is 1. The third-order valence-electron chi connectivity index (χ3n) is 2.22. The Morgan fingerprint density at radius 3 is 3.00 bits per heavy atom. The number of ether oxygens (including phenoxy) is 1. The molecule has 0 unspecified atom stereocenters. The molecule has 0 amide bonds. The van der Waals surface area contributed by atoms with E-state index in [1.54, 1.807) is 11.3 Å². The Morgan fingerprint density at radius 2 is 2.29 bits per heavy atom. The average molecular weight is 224 g/mol. The van der Waals surface area contributed by atoms with Gasteiger partial charge in [0.1, 0.15) is 5.75 Å². The van der Waals surface area contributed by atoms with Crippen LogP contribution in [0.5, 0.6) is 5.75 Å². The maximum atomic E-state index is 5.57. The highest BCUT2D eigenvalue weighted by molar-refractivity contribution is 7.80. The zero-order chi connectivity index (χ0) is 10.1. The van der Waals surface area contributed by atoms with Gasteiger partial charge in [-0.15, -0.1) is 24.0 Å². The maximum absolute atomic E-state index is 5.57. The fourth-order valence-corrected chi connectivity index (χ4v) is 2.72. The van der Waals surface area contributed by atoms with Crippen molar-refractivity contribution in [2.24, 2.45) is 0 Å². The van der Waals surface area contributed by atoms with Gasteiger partial charge in [-0.05, 0) is 36.9 Å². The summed E-state index contributed by atoms with van der Waals surface area (Å²) >= 11 is 6.18. The smallest absolute Gasteiger partial charge is 0.129 e. The quantitative estimate of drug-likeness (QED) is 0.761. The van der Waals surface area contributed by atoms with Crippen molar-refractivity contribution in [1.82, 2.24) is 0 Å². The van der Waals surface area contributed by atoms with Crippen molar-refractivity contribution in [1.29, 1.82) is 0 Å². The van der Waals surface area contributed by atoms with Crippen LogP contribution in [0.2, 0.25) is 0 Å². The molecule has 14 heavy (non-hydrogen) atoms. The number of aryl methyl sites for hydroxylation is 1. The first-order valence-corrected chi connectivity index (χ1v) is 5.89. The zero-order valence-electron chi connectivity index (χ0n) is 8.20. The van der Waals surface area contributed by atoms with Crippen LogP contribution in [0.15, 0.2) is 22.4 Å². The van der Waals surface area contributed by atoms with Crippen molar-refractivity contribution in [2.45, 2.75) is 18.7 Å². The normalized spacial score (nSPS) is 10.8. The van der Waals surface area contributed by atoms with E-state index in [0.717, 1.165) is 10.6 Å². The Bertz CT molecular complexity index is 460. The Balaban J connectivity index is 2.71. The van der Waals surface area contributed by atoms with Crippen LogP contribution in [0.25, 0.3) is 10.1 Å². The van der Waals surface area contributed by atoms with Gasteiger partial charge >= 0.3 is 0 Å². The van der Waals surface area contributed by atoms with Crippen LogP contribution in [0.4, 0.5) is 0 Å². The lowest BCUT2D eigenvalue weighted by Gasteiger charge is -2.08. The summed E-state index contributed by atoms with van der Waals surface area (Å²) in [5, 5.41) is 3.29. The van der Waals surface area contributed by atoms with Gasteiger partial charge in [0.05, 0.1) is 6.61 Å². The average Bonchev–Trinajstić information content (AvgIpc) is 2.63. The molecule has 1 heterocycles. The van der Waals surface area contributed by atoms with Gasteiger partial charge in [-0.25, -0.2) is 0 Å². The van der Waals surface area contributed by atoms with E-state index in [0.29, 0.717) is 6.61 Å². The summed E-state index contributed by atoms with van der Waals surface area (Å²) in [5.74, 6) is 0.944. The van der Waals surface area contributed by atoms with Gasteiger partial charge < -0.3 is 4.74 Å². The third kappa shape index (κ3) is 1.51. The molecular formula is C11H12OS2. The van der Waals surface area contributed by atoms with Crippen molar-refractivity contribution in [2.75, 3.05) is 6.61 Å². The molecule has 3 heteroatoms. The zero-order valence-corrected chi connectivity index (χ0v) is 9.91. The molecule has 1 aromatic heterocycles. The standard InChI is InChI=1S/C11H12OS2/c1-3-12-9-6-10(13)7(2)11-8(9)4-5-14-11/h4-6,13H,3H2,1-2H3. The fraction of sp³-hybridized carbons (Fsp3) is 0.273. The number of thiophene rings is 1. The van der Waals surface area contributed by atoms with E-state index in [1.165, 1.54) is 15.6 Å². The molecule has 0 aliphatic heterocycles. The van der Waals surface area contributed by atoms with Crippen molar-refractivity contribution in [3.63, 3.8) is 0 Å². The van der Waals surface area contributed by atoms with Crippen molar-refractivity contribution >= 4 is 34.1 Å². The predicted molar refractivity (Wildman–Crippen MR) is 65.0 cm³/mol. The summed E-state index contributed by atoms with van der Waals surface area (Å²) in [4.78, 5) is 1.00. The SMILES string of the molecule is CCOc1cc(S)c(C)c2sccc12. The largest absolute Gasteiger partial charge is 0.493 e. The highest BCUT2D eigenvalue weighted by atomic mass is 32.1. The van der Waals surface area contributed by atoms with Crippen LogP contribution in [-0.4, -0.2) is 6.61 Å². The molecule has 0 bridgehead atoms. The Morgan fingerprint density at radius 1 is 1.50 bits per heavy atom. The molecule has 74 valence electrons. The minimum Gasteiger partial charge on any atom is -0.493 e. The first-order chi connectivity index (χ1) is 6.74. The minimum absolute atomic E-state index is 0.696. The topological polar surface area (TPSA) is 9.23 Å². The fourth-order valence-electron chi connectivity index (χ4n) is 1.50. The number of thiol groups is 1. The van der Waals surface area contributed by atoms with Crippen LogP contribution >= 0.6 is 24.0 Å². The summed E-state index contributed by atoms with van der Waals surface area (Å²) in [6.45, 7) is 4.79. The van der Waals surface area contributed by atoms with Gasteiger partial charge in [-0.1, -0.05) is 0 Å². The van der Waals surface area contributed by atoms with E-state index < -0.39 is 0 Å². The van der Waals surface area contributed by atoms with Crippen molar-refractivity contribution < 1.29 is 4.74 Å². The van der Waals surface area contributed by atoms with Crippen LogP contribution in [0.3, 0.4) is 0 Å². The minimum atomic E-state index is 0.696. The van der Waals surface area contributed by atoms with E-state index in [4.69, 9.17) is 4.74 Å². The molecule has 2 aromatic rings. The molecule has 0 fully saturated rings. The molecule has 1 aromatic carbocycles. The maximum Gasteiger partial charge on any atom is 0.129 e. The van der Waals surface area contributed by atoms with E-state index in [2.05, 4.69) is 31.0 Å². The first-order valence-electron chi connectivity index (χ1n) is 4.56. The van der Waals surface area contributed by atoms with Crippen LogP contribution in [0, 0.1) is 6.92 Å². The van der Waals surface area contributed by atoms with Gasteiger partial charge in [0.2, 0.25) is 0 Å². The number of hydrogen-bond donors (Lipinski definition) is 1. The van der Waals surface area contributed by atoms with Crippen molar-refractivity contribution in [3.05, 3.63) is 23.1 Å². The second-order valence-corrected chi connectivity index (χ2v) is 4.51. The van der Waals surface area contributed by atoms with Gasteiger partial charge in [0.25, 0.3) is 0 Å². The molecule has 0 spiro atoms. The lowest BCUT2D eigenvalue weighted by atomic mass is 10.1. The number of rotatable bonds is 2. The summed E-state index contributed by atoms with van der Waals surface area (Å²) in [6.07, 6.45) is 0. The third-order valence-corrected chi connectivity index (χ3v) is 3.72. The molecule has 0 aliphatic carbocycles. The molecule has 1 nitrogen and oxygen atoms in total. The number of hydrogen-bond acceptors (Lipinski definition) is 3. The Labute approximate surface area is 93.1 Å². The first kappa shape index (κ1) is 9.87. The van der Waals surface area contributed by atoms with Gasteiger partial charge in [0.15, 0.2) is 0 Å². The lowest BCUT2D eigenvalue weighted by molar-refractivity contribution is 0.343. The summed E-state index contributed by atoms with van der Waals surface area (Å²) in [7, 11) is 0. The second-order valence-electron chi connectivity index (χ2n) is 3.12. The van der Waals surface area contributed by atoms with E-state index in [9.17, 15) is 0 Å². The van der Waals surface area contributed by atoms with Gasteiger partial charge in [-0.2, -0.15) is 0 Å². The Kier molecular flexibility index (Phi) is 2.70. The molecular weight excluding hydrogens is 212 g/mol. The van der Waals surface area contributed by atoms with E-state index in [-0.39, 0.29) is 0 Å². The summed E-state index contributed by atoms with van der Waals surface area (Å²) in [6, 6.07) is 4.10. The summed E-state index contributed by atoms with van der Waals surface area (Å²) < 4.78 is 6.85. The van der Waals surface area contributed by atoms with E-state index in [1.807, 2.05) is 13.0 Å². The van der Waals surface area contributed by atoms with Gasteiger partial charge in [0, 0.05) is 15.0 Å². The van der Waals surface area contributed by atoms with Gasteiger partial charge in [-0.3, -0.25) is 0 Å². The Hall–Kier alpha value is -0.670.